The van der Waals surface area contributed by atoms with Crippen LogP contribution in [0.4, 0.5) is 13.2 Å². The number of unbranched alkanes of at least 4 members (excludes halogenated alkanes) is 2. The van der Waals surface area contributed by atoms with Crippen molar-refractivity contribution < 1.29 is 17.9 Å². The summed E-state index contributed by atoms with van der Waals surface area (Å²) >= 11 is 0. The summed E-state index contributed by atoms with van der Waals surface area (Å²) in [5.41, 5.74) is -0.182. The molecule has 0 amide bonds. The summed E-state index contributed by atoms with van der Waals surface area (Å²) in [6.45, 7) is 2.15. The molecule has 0 N–H and O–H groups in total. The topological polar surface area (TPSA) is 33.0 Å². The molecule has 0 heterocycles. The Balaban J connectivity index is 1.89. The van der Waals surface area contributed by atoms with Crippen LogP contribution in [-0.2, 0) is 0 Å². The van der Waals surface area contributed by atoms with Crippen LogP contribution in [0, 0.1) is 29.0 Å². The number of nitriles is 1. The highest BCUT2D eigenvalue weighted by molar-refractivity contribution is 5.36. The lowest BCUT2D eigenvalue weighted by molar-refractivity contribution is -0.223. The molecule has 24 heavy (non-hydrogen) atoms. The van der Waals surface area contributed by atoms with Crippen LogP contribution in [0.2, 0.25) is 0 Å². The first-order valence-electron chi connectivity index (χ1n) is 8.72. The maximum Gasteiger partial charge on any atom is 0.400 e. The Morgan fingerprint density at radius 3 is 2.50 bits per heavy atom. The summed E-state index contributed by atoms with van der Waals surface area (Å²) in [4.78, 5) is 0. The smallest absolute Gasteiger partial charge is 0.400 e. The third kappa shape index (κ3) is 4.90. The van der Waals surface area contributed by atoms with E-state index in [1.807, 2.05) is 0 Å². The van der Waals surface area contributed by atoms with Crippen molar-refractivity contribution in [3.63, 3.8) is 0 Å². The van der Waals surface area contributed by atoms with E-state index in [0.29, 0.717) is 18.8 Å². The van der Waals surface area contributed by atoms with E-state index in [1.54, 1.807) is 6.07 Å². The maximum atomic E-state index is 14.3. The summed E-state index contributed by atoms with van der Waals surface area (Å²) < 4.78 is 47.0. The van der Waals surface area contributed by atoms with Gasteiger partial charge in [-0.15, -0.1) is 0 Å². The van der Waals surface area contributed by atoms with E-state index in [0.717, 1.165) is 31.4 Å². The predicted molar refractivity (Wildman–Crippen MR) is 86.3 cm³/mol. The second-order valence-corrected chi connectivity index (χ2v) is 6.63. The van der Waals surface area contributed by atoms with Crippen LogP contribution in [0.1, 0.15) is 63.9 Å². The van der Waals surface area contributed by atoms with Crippen molar-refractivity contribution in [1.29, 1.82) is 5.26 Å². The van der Waals surface area contributed by atoms with Crippen LogP contribution in [0.15, 0.2) is 18.2 Å². The predicted octanol–water partition coefficient (Wildman–Crippen LogP) is 6.06. The molecule has 0 aliphatic heterocycles. The Kier molecular flexibility index (Phi) is 6.53. The number of nitrogens with zero attached hydrogens (tertiary/aromatic N) is 1. The summed E-state index contributed by atoms with van der Waals surface area (Å²) in [6, 6.07) is 4.88. The van der Waals surface area contributed by atoms with Gasteiger partial charge in [0.15, 0.2) is 0 Å². The Morgan fingerprint density at radius 2 is 1.92 bits per heavy atom. The van der Waals surface area contributed by atoms with E-state index in [4.69, 9.17) is 10.00 Å². The molecule has 2 nitrogen and oxygen atoms in total. The van der Waals surface area contributed by atoms with Gasteiger partial charge >= 0.3 is 6.11 Å². The van der Waals surface area contributed by atoms with E-state index in [-0.39, 0.29) is 11.3 Å². The van der Waals surface area contributed by atoms with Gasteiger partial charge in [-0.2, -0.15) is 14.0 Å². The van der Waals surface area contributed by atoms with Crippen molar-refractivity contribution in [3.05, 3.63) is 29.6 Å². The van der Waals surface area contributed by atoms with Crippen LogP contribution in [-0.4, -0.2) is 6.11 Å². The number of hydrogen-bond donors (Lipinski definition) is 0. The lowest BCUT2D eigenvalue weighted by atomic mass is 9.79. The molecule has 1 aromatic carbocycles. The number of benzene rings is 1. The SMILES string of the molecule is CCCCCC1CCC(C(F)(F)Oc2ccc(C#N)c(F)c2)CC1. The van der Waals surface area contributed by atoms with Crippen molar-refractivity contribution in [2.24, 2.45) is 11.8 Å². The molecule has 0 radical (unpaired) electrons. The fourth-order valence-corrected chi connectivity index (χ4v) is 3.36. The van der Waals surface area contributed by atoms with Crippen LogP contribution < -0.4 is 4.74 Å². The van der Waals surface area contributed by atoms with Gasteiger partial charge in [0.1, 0.15) is 17.6 Å². The third-order valence-corrected chi connectivity index (χ3v) is 4.85. The first-order valence-corrected chi connectivity index (χ1v) is 8.72. The third-order valence-electron chi connectivity index (χ3n) is 4.85. The zero-order chi connectivity index (χ0) is 17.6. The van der Waals surface area contributed by atoms with Gasteiger partial charge in [-0.3, -0.25) is 0 Å². The van der Waals surface area contributed by atoms with Crippen LogP contribution in [0.5, 0.6) is 5.75 Å². The summed E-state index contributed by atoms with van der Waals surface area (Å²) in [6.07, 6.45) is 3.81. The van der Waals surface area contributed by atoms with Gasteiger partial charge in [-0.05, 0) is 43.7 Å². The molecule has 0 unspecified atom stereocenters. The molecule has 0 aromatic heterocycles. The van der Waals surface area contributed by atoms with Crippen molar-refractivity contribution in [2.75, 3.05) is 0 Å². The van der Waals surface area contributed by atoms with Gasteiger partial charge in [-0.1, -0.05) is 32.6 Å². The van der Waals surface area contributed by atoms with Gasteiger partial charge in [0.25, 0.3) is 0 Å². The first kappa shape index (κ1) is 18.6. The van der Waals surface area contributed by atoms with Gasteiger partial charge < -0.3 is 4.74 Å². The second kappa shape index (κ2) is 8.41. The quantitative estimate of drug-likeness (QED) is 0.566. The number of hydrogen-bond acceptors (Lipinski definition) is 2. The average Bonchev–Trinajstić information content (AvgIpc) is 2.55. The molecule has 0 spiro atoms. The van der Waals surface area contributed by atoms with E-state index in [1.165, 1.54) is 25.3 Å². The molecule has 1 saturated carbocycles. The van der Waals surface area contributed by atoms with E-state index in [9.17, 15) is 13.2 Å². The van der Waals surface area contributed by atoms with Crippen LogP contribution >= 0.6 is 0 Å². The standard InChI is InChI=1S/C19H24F3NO/c1-2-3-4-5-14-6-9-16(10-7-14)19(21,22)24-17-11-8-15(13-23)18(20)12-17/h8,11-12,14,16H,2-7,9-10H2,1H3. The number of ether oxygens (including phenoxy) is 1. The summed E-state index contributed by atoms with van der Waals surface area (Å²) in [7, 11) is 0. The number of halogens is 3. The lowest BCUT2D eigenvalue weighted by Crippen LogP contribution is -2.37. The molecule has 1 aliphatic carbocycles. The van der Waals surface area contributed by atoms with Crippen LogP contribution in [0.3, 0.4) is 0 Å². The average molecular weight is 339 g/mol. The van der Waals surface area contributed by atoms with Crippen LogP contribution in [0.25, 0.3) is 0 Å². The Hall–Kier alpha value is -1.70. The highest BCUT2D eigenvalue weighted by atomic mass is 19.3. The zero-order valence-corrected chi connectivity index (χ0v) is 14.0. The minimum Gasteiger partial charge on any atom is -0.432 e. The molecular weight excluding hydrogens is 315 g/mol. The fraction of sp³-hybridized carbons (Fsp3) is 0.632. The highest BCUT2D eigenvalue weighted by Crippen LogP contribution is 2.41. The monoisotopic (exact) mass is 339 g/mol. The van der Waals surface area contributed by atoms with Crippen molar-refractivity contribution in [2.45, 2.75) is 64.4 Å². The minimum absolute atomic E-state index is 0.182. The molecule has 1 aromatic rings. The normalized spacial score (nSPS) is 21.3. The fourth-order valence-electron chi connectivity index (χ4n) is 3.36. The Labute approximate surface area is 141 Å². The van der Waals surface area contributed by atoms with E-state index >= 15 is 0 Å². The minimum atomic E-state index is -3.31. The second-order valence-electron chi connectivity index (χ2n) is 6.63. The van der Waals surface area contributed by atoms with Crippen molar-refractivity contribution >= 4 is 0 Å². The number of alkyl halides is 2. The molecule has 5 heteroatoms. The first-order chi connectivity index (χ1) is 11.5. The van der Waals surface area contributed by atoms with Gasteiger partial charge in [0, 0.05) is 6.07 Å². The van der Waals surface area contributed by atoms with Crippen molar-refractivity contribution in [1.82, 2.24) is 0 Å². The largest absolute Gasteiger partial charge is 0.432 e. The molecule has 132 valence electrons. The van der Waals surface area contributed by atoms with E-state index < -0.39 is 17.8 Å². The molecule has 0 bridgehead atoms. The molecule has 0 saturated heterocycles. The Morgan fingerprint density at radius 1 is 1.21 bits per heavy atom. The van der Waals surface area contributed by atoms with Crippen molar-refractivity contribution in [3.8, 4) is 11.8 Å². The molecule has 1 fully saturated rings. The highest BCUT2D eigenvalue weighted by Gasteiger charge is 2.43. The zero-order valence-electron chi connectivity index (χ0n) is 14.0. The van der Waals surface area contributed by atoms with Gasteiger partial charge in [-0.25, -0.2) is 4.39 Å². The summed E-state index contributed by atoms with van der Waals surface area (Å²) in [5.74, 6) is -1.37. The Bertz CT molecular complexity index is 574. The number of rotatable bonds is 7. The van der Waals surface area contributed by atoms with Gasteiger partial charge in [0.05, 0.1) is 11.5 Å². The molecule has 1 aliphatic rings. The molecule has 2 rings (SSSR count). The lowest BCUT2D eigenvalue weighted by Gasteiger charge is -2.33. The molecular formula is C19H24F3NO. The summed E-state index contributed by atoms with van der Waals surface area (Å²) in [5, 5.41) is 8.67. The van der Waals surface area contributed by atoms with E-state index in [2.05, 4.69) is 6.92 Å². The van der Waals surface area contributed by atoms with Gasteiger partial charge in [0.2, 0.25) is 0 Å². The molecule has 0 atom stereocenters. The maximum absolute atomic E-state index is 14.3.